The number of aliphatic hydroxyl groups excluding tert-OH is 3. The third-order valence-corrected chi connectivity index (χ3v) is 15.6. The van der Waals surface area contributed by atoms with Crippen molar-refractivity contribution in [2.24, 2.45) is 44.8 Å². The molecule has 5 aliphatic carbocycles. The molecule has 8 heteroatoms. The third-order valence-electron chi connectivity index (χ3n) is 15.6. The van der Waals surface area contributed by atoms with Crippen molar-refractivity contribution in [3.05, 3.63) is 11.6 Å². The van der Waals surface area contributed by atoms with Crippen molar-refractivity contribution in [2.75, 3.05) is 13.2 Å². The highest BCUT2D eigenvalue weighted by molar-refractivity contribution is 5.46. The molecule has 4 aliphatic heterocycles. The van der Waals surface area contributed by atoms with Gasteiger partial charge >= 0.3 is 0 Å². The average Bonchev–Trinajstić information content (AvgIpc) is 3.77. The molecule has 9 aliphatic rings. The van der Waals surface area contributed by atoms with Crippen molar-refractivity contribution in [1.29, 1.82) is 0 Å². The summed E-state index contributed by atoms with van der Waals surface area (Å²) in [6, 6.07) is 0. The van der Waals surface area contributed by atoms with Crippen LogP contribution in [-0.4, -0.2) is 82.8 Å². The lowest BCUT2D eigenvalue weighted by Gasteiger charge is -2.60. The Bertz CT molecular complexity index is 1270. The predicted octanol–water partition coefficient (Wildman–Crippen LogP) is 4.09. The van der Waals surface area contributed by atoms with Crippen molar-refractivity contribution in [3.63, 3.8) is 0 Å². The van der Waals surface area contributed by atoms with Crippen molar-refractivity contribution in [2.45, 2.75) is 147 Å². The fraction of sp³-hybridized carbons (Fsp3) is 0.943. The van der Waals surface area contributed by atoms with Crippen LogP contribution in [0.25, 0.3) is 0 Å². The van der Waals surface area contributed by atoms with Gasteiger partial charge in [0, 0.05) is 6.42 Å². The zero-order valence-electron chi connectivity index (χ0n) is 26.8. The van der Waals surface area contributed by atoms with Gasteiger partial charge in [-0.25, -0.2) is 0 Å². The van der Waals surface area contributed by atoms with Crippen LogP contribution in [0.5, 0.6) is 0 Å². The van der Waals surface area contributed by atoms with Gasteiger partial charge in [0.2, 0.25) is 0 Å². The molecule has 8 fully saturated rings. The van der Waals surface area contributed by atoms with Gasteiger partial charge in [-0.1, -0.05) is 46.3 Å². The lowest BCUT2D eigenvalue weighted by Crippen LogP contribution is -2.58. The van der Waals surface area contributed by atoms with E-state index in [1.807, 2.05) is 0 Å². The summed E-state index contributed by atoms with van der Waals surface area (Å²) >= 11 is 0. The van der Waals surface area contributed by atoms with E-state index in [0.29, 0.717) is 29.8 Å². The number of fused-ring (bicyclic) bond motifs is 6. The maximum atomic E-state index is 10.6. The maximum absolute atomic E-state index is 10.6. The van der Waals surface area contributed by atoms with Gasteiger partial charge in [0.25, 0.3) is 0 Å². The number of epoxide rings is 1. The fourth-order valence-electron chi connectivity index (χ4n) is 13.4. The second-order valence-corrected chi connectivity index (χ2v) is 17.8. The first-order chi connectivity index (χ1) is 20.2. The minimum Gasteiger partial charge on any atom is -0.388 e. The van der Waals surface area contributed by atoms with E-state index < -0.39 is 30.4 Å². The topological polar surface area (TPSA) is 110 Å². The van der Waals surface area contributed by atoms with Crippen LogP contribution < -0.4 is 0 Å². The number of ether oxygens (including phenoxy) is 5. The Labute approximate surface area is 255 Å². The first-order valence-electron chi connectivity index (χ1n) is 17.2. The molecule has 4 heterocycles. The van der Waals surface area contributed by atoms with Crippen molar-refractivity contribution in [1.82, 2.24) is 0 Å². The van der Waals surface area contributed by atoms with E-state index in [4.69, 9.17) is 23.7 Å². The van der Waals surface area contributed by atoms with Gasteiger partial charge in [-0.2, -0.15) is 0 Å². The molecule has 16 atom stereocenters. The Hall–Kier alpha value is -0.580. The van der Waals surface area contributed by atoms with Crippen molar-refractivity contribution < 1.29 is 39.0 Å². The molecule has 0 aromatic carbocycles. The highest BCUT2D eigenvalue weighted by atomic mass is 16.8. The maximum Gasteiger partial charge on any atom is 0.198 e. The minimum atomic E-state index is -1.25. The summed E-state index contributed by atoms with van der Waals surface area (Å²) in [6.45, 7) is 15.1. The lowest BCUT2D eigenvalue weighted by molar-refractivity contribution is -0.304. The van der Waals surface area contributed by atoms with E-state index in [-0.39, 0.29) is 52.2 Å². The van der Waals surface area contributed by atoms with Gasteiger partial charge in [0.05, 0.1) is 25.4 Å². The molecular weight excluding hydrogens is 548 g/mol. The standard InChI is InChI=1S/C35H52O8/c1-18-13-35(28-32(6,43-28)17-40-35)42-20-14-31(5)22-8-7-21-29(2,3)23(41-27-26(38)25(37)19(36)15-39-27)9-10-33(21)16-34(22,33)12-11-30(31,4)24(18)20/h8,18-21,23-28,36-38H,7,9-17H2,1-6H3/t18-,19-,20+,21+,23+,24+,25+,26-,27+,28+,30-,31+,32+,33?,34?,35+/m1/s1. The summed E-state index contributed by atoms with van der Waals surface area (Å²) in [6.07, 6.45) is 7.24. The number of hydrogen-bond acceptors (Lipinski definition) is 8. The zero-order chi connectivity index (χ0) is 30.2. The molecule has 0 aromatic heterocycles. The summed E-state index contributed by atoms with van der Waals surface area (Å²) in [5.74, 6) is 0.983. The molecule has 0 bridgehead atoms. The molecule has 4 saturated heterocycles. The molecule has 2 unspecified atom stereocenters. The van der Waals surface area contributed by atoms with E-state index in [2.05, 4.69) is 47.6 Å². The Morgan fingerprint density at radius 3 is 2.47 bits per heavy atom. The molecule has 3 N–H and O–H groups in total. The van der Waals surface area contributed by atoms with Gasteiger partial charge in [0.15, 0.2) is 12.1 Å². The monoisotopic (exact) mass is 600 g/mol. The number of aliphatic hydroxyl groups is 3. The van der Waals surface area contributed by atoms with Gasteiger partial charge in [-0.05, 0) is 96.7 Å². The Morgan fingerprint density at radius 2 is 1.74 bits per heavy atom. The van der Waals surface area contributed by atoms with Gasteiger partial charge in [0.1, 0.15) is 30.0 Å². The van der Waals surface area contributed by atoms with Crippen LogP contribution in [0.4, 0.5) is 0 Å². The fourth-order valence-corrected chi connectivity index (χ4v) is 13.4. The van der Waals surface area contributed by atoms with E-state index in [0.717, 1.165) is 32.1 Å². The van der Waals surface area contributed by atoms with Crippen LogP contribution in [0.15, 0.2) is 11.6 Å². The highest BCUT2D eigenvalue weighted by Gasteiger charge is 2.82. The molecular formula is C35H52O8. The summed E-state index contributed by atoms with van der Waals surface area (Å²) in [4.78, 5) is 0. The number of hydrogen-bond donors (Lipinski definition) is 3. The first kappa shape index (κ1) is 28.6. The molecule has 4 saturated carbocycles. The third kappa shape index (κ3) is 3.22. The minimum absolute atomic E-state index is 0.0273. The molecule has 0 radical (unpaired) electrons. The molecule has 8 nitrogen and oxygen atoms in total. The lowest BCUT2D eigenvalue weighted by atomic mass is 9.45. The molecule has 9 rings (SSSR count). The second-order valence-electron chi connectivity index (χ2n) is 17.8. The van der Waals surface area contributed by atoms with E-state index in [9.17, 15) is 15.3 Å². The SMILES string of the molecule is C[C@@H]1C[C@]2(OC[C@]3(C)O[C@H]23)O[C@H]2C[C@@]3(C)C4=CC[C@H]5C(C)(C)[C@@H](O[C@@H]6OC[C@@H](O)[C@H](O)[C@H]6O)CCC56CC46CC[C@]3(C)[C@@H]12. The summed E-state index contributed by atoms with van der Waals surface area (Å²) < 4.78 is 31.8. The van der Waals surface area contributed by atoms with Gasteiger partial charge in [-0.15, -0.1) is 0 Å². The molecule has 3 spiro atoms. The van der Waals surface area contributed by atoms with E-state index in [1.54, 1.807) is 5.57 Å². The van der Waals surface area contributed by atoms with Crippen LogP contribution in [0.1, 0.15) is 92.9 Å². The van der Waals surface area contributed by atoms with Crippen LogP contribution in [0.2, 0.25) is 0 Å². The molecule has 240 valence electrons. The van der Waals surface area contributed by atoms with Gasteiger partial charge in [-0.3, -0.25) is 0 Å². The van der Waals surface area contributed by atoms with Crippen LogP contribution >= 0.6 is 0 Å². The Morgan fingerprint density at radius 1 is 0.953 bits per heavy atom. The zero-order valence-corrected chi connectivity index (χ0v) is 26.8. The molecule has 0 aromatic rings. The van der Waals surface area contributed by atoms with Crippen LogP contribution in [0.3, 0.4) is 0 Å². The normalized spacial score (nSPS) is 64.1. The number of rotatable bonds is 2. The summed E-state index contributed by atoms with van der Waals surface area (Å²) in [7, 11) is 0. The average molecular weight is 601 g/mol. The summed E-state index contributed by atoms with van der Waals surface area (Å²) in [5, 5.41) is 30.8. The smallest absolute Gasteiger partial charge is 0.198 e. The van der Waals surface area contributed by atoms with Crippen molar-refractivity contribution >= 4 is 0 Å². The largest absolute Gasteiger partial charge is 0.388 e. The Kier molecular flexibility index (Phi) is 5.51. The van der Waals surface area contributed by atoms with Crippen LogP contribution in [0, 0.1) is 44.8 Å². The quantitative estimate of drug-likeness (QED) is 0.321. The van der Waals surface area contributed by atoms with E-state index in [1.165, 1.54) is 19.3 Å². The number of allylic oxidation sites excluding steroid dienone is 2. The van der Waals surface area contributed by atoms with Gasteiger partial charge < -0.3 is 39.0 Å². The Balaban J connectivity index is 1.00. The van der Waals surface area contributed by atoms with Crippen molar-refractivity contribution in [3.8, 4) is 0 Å². The second kappa shape index (κ2) is 8.28. The van der Waals surface area contributed by atoms with E-state index >= 15 is 0 Å². The summed E-state index contributed by atoms with van der Waals surface area (Å²) in [5.41, 5.74) is 2.34. The molecule has 0 amide bonds. The van der Waals surface area contributed by atoms with Crippen LogP contribution in [-0.2, 0) is 23.7 Å². The highest BCUT2D eigenvalue weighted by Crippen LogP contribution is 2.88. The molecule has 43 heavy (non-hydrogen) atoms. The first-order valence-corrected chi connectivity index (χ1v) is 17.2. The predicted molar refractivity (Wildman–Crippen MR) is 155 cm³/mol.